The summed E-state index contributed by atoms with van der Waals surface area (Å²) in [4.78, 5) is 37.4. The van der Waals surface area contributed by atoms with Crippen molar-refractivity contribution < 1.29 is 14.4 Å². The van der Waals surface area contributed by atoms with E-state index in [1.165, 1.54) is 11.3 Å². The van der Waals surface area contributed by atoms with Crippen molar-refractivity contribution >= 4 is 39.7 Å². The van der Waals surface area contributed by atoms with Crippen LogP contribution in [0.4, 0.5) is 10.7 Å². The Balaban J connectivity index is 1.85. The van der Waals surface area contributed by atoms with Crippen molar-refractivity contribution in [3.8, 4) is 0 Å². The molecule has 0 saturated carbocycles. The van der Waals surface area contributed by atoms with Crippen LogP contribution in [0.3, 0.4) is 0 Å². The first kappa shape index (κ1) is 19.1. The first-order chi connectivity index (χ1) is 13.0. The highest BCUT2D eigenvalue weighted by Crippen LogP contribution is 2.37. The fraction of sp³-hybridized carbons (Fsp3) is 0.350. The zero-order chi connectivity index (χ0) is 19.4. The average Bonchev–Trinajstić information content (AvgIpc) is 2.82. The second kappa shape index (κ2) is 8.35. The van der Waals surface area contributed by atoms with Gasteiger partial charge in [0.15, 0.2) is 0 Å². The van der Waals surface area contributed by atoms with Gasteiger partial charge in [-0.15, -0.1) is 11.3 Å². The van der Waals surface area contributed by atoms with E-state index in [0.717, 1.165) is 42.5 Å². The predicted molar refractivity (Wildman–Crippen MR) is 107 cm³/mol. The van der Waals surface area contributed by atoms with Gasteiger partial charge in [-0.3, -0.25) is 14.4 Å². The molecular weight excluding hydrogens is 362 g/mol. The number of primary amides is 1. The summed E-state index contributed by atoms with van der Waals surface area (Å²) in [6, 6.07) is 6.72. The lowest BCUT2D eigenvalue weighted by molar-refractivity contribution is -0.115. The first-order valence-corrected chi connectivity index (χ1v) is 9.96. The highest BCUT2D eigenvalue weighted by molar-refractivity contribution is 7.17. The Morgan fingerprint density at radius 1 is 1.11 bits per heavy atom. The highest BCUT2D eigenvalue weighted by atomic mass is 32.1. The number of hydrogen-bond acceptors (Lipinski definition) is 4. The van der Waals surface area contributed by atoms with E-state index in [1.807, 2.05) is 0 Å². The topological polar surface area (TPSA) is 101 Å². The fourth-order valence-electron chi connectivity index (χ4n) is 3.25. The van der Waals surface area contributed by atoms with Gasteiger partial charge >= 0.3 is 0 Å². The van der Waals surface area contributed by atoms with Crippen LogP contribution in [-0.2, 0) is 17.6 Å². The molecule has 142 valence electrons. The second-order valence-electron chi connectivity index (χ2n) is 6.57. The minimum Gasteiger partial charge on any atom is -0.365 e. The molecule has 0 fully saturated rings. The molecule has 1 aromatic carbocycles. The molecule has 7 heteroatoms. The summed E-state index contributed by atoms with van der Waals surface area (Å²) in [6.07, 6.45) is 5.33. The van der Waals surface area contributed by atoms with E-state index in [4.69, 9.17) is 5.73 Å². The fourth-order valence-corrected chi connectivity index (χ4v) is 4.54. The van der Waals surface area contributed by atoms with Crippen molar-refractivity contribution in [3.63, 3.8) is 0 Å². The number of thiophene rings is 1. The third-order valence-corrected chi connectivity index (χ3v) is 5.83. The third-order valence-electron chi connectivity index (χ3n) is 4.62. The molecule has 1 heterocycles. The Morgan fingerprint density at radius 2 is 1.89 bits per heavy atom. The van der Waals surface area contributed by atoms with Crippen LogP contribution in [0.5, 0.6) is 0 Å². The lowest BCUT2D eigenvalue weighted by atomic mass is 10.1. The predicted octanol–water partition coefficient (Wildman–Crippen LogP) is 3.72. The molecule has 1 aliphatic carbocycles. The Kier molecular flexibility index (Phi) is 5.91. The standard InChI is InChI=1S/C20H23N3O3S/c1-2-16(24)22-13-8-6-7-12(11-13)19(26)23-20-17(18(21)25)14-9-4-3-5-10-15(14)27-20/h6-8,11H,2-5,9-10H2,1H3,(H2,21,25)(H,22,24)(H,23,26). The largest absolute Gasteiger partial charge is 0.365 e. The van der Waals surface area contributed by atoms with Gasteiger partial charge in [-0.25, -0.2) is 0 Å². The van der Waals surface area contributed by atoms with Crippen LogP contribution in [0, 0.1) is 0 Å². The smallest absolute Gasteiger partial charge is 0.256 e. The maximum absolute atomic E-state index is 12.7. The monoisotopic (exact) mass is 385 g/mol. The van der Waals surface area contributed by atoms with Gasteiger partial charge in [0.1, 0.15) is 5.00 Å². The summed E-state index contributed by atoms with van der Waals surface area (Å²) in [5.74, 6) is -0.958. The molecule has 0 spiro atoms. The van der Waals surface area contributed by atoms with E-state index in [9.17, 15) is 14.4 Å². The SMILES string of the molecule is CCC(=O)Nc1cccc(C(=O)Nc2sc3c(c2C(N)=O)CCCCC3)c1. The van der Waals surface area contributed by atoms with Crippen LogP contribution >= 0.6 is 11.3 Å². The molecule has 1 aromatic heterocycles. The number of amides is 3. The van der Waals surface area contributed by atoms with Gasteiger partial charge < -0.3 is 16.4 Å². The van der Waals surface area contributed by atoms with E-state index in [1.54, 1.807) is 31.2 Å². The zero-order valence-electron chi connectivity index (χ0n) is 15.3. The lowest BCUT2D eigenvalue weighted by Gasteiger charge is -2.08. The summed E-state index contributed by atoms with van der Waals surface area (Å²) in [6.45, 7) is 1.76. The minimum absolute atomic E-state index is 0.120. The Labute approximate surface area is 162 Å². The molecule has 0 saturated heterocycles. The van der Waals surface area contributed by atoms with Crippen LogP contribution in [0.1, 0.15) is 63.8 Å². The van der Waals surface area contributed by atoms with Crippen molar-refractivity contribution in [1.29, 1.82) is 0 Å². The molecule has 3 amide bonds. The van der Waals surface area contributed by atoms with Gasteiger partial charge in [-0.1, -0.05) is 19.4 Å². The molecule has 1 aliphatic rings. The van der Waals surface area contributed by atoms with Crippen LogP contribution < -0.4 is 16.4 Å². The number of rotatable bonds is 5. The van der Waals surface area contributed by atoms with Crippen LogP contribution in [0.25, 0.3) is 0 Å². The first-order valence-electron chi connectivity index (χ1n) is 9.15. The van der Waals surface area contributed by atoms with Crippen molar-refractivity contribution in [2.24, 2.45) is 5.73 Å². The van der Waals surface area contributed by atoms with Crippen molar-refractivity contribution in [2.75, 3.05) is 10.6 Å². The molecular formula is C20H23N3O3S. The molecule has 0 aliphatic heterocycles. The molecule has 0 unspecified atom stereocenters. The number of aryl methyl sites for hydroxylation is 1. The second-order valence-corrected chi connectivity index (χ2v) is 7.67. The van der Waals surface area contributed by atoms with Crippen LogP contribution in [0.15, 0.2) is 24.3 Å². The number of benzene rings is 1. The van der Waals surface area contributed by atoms with Gasteiger partial charge in [0.2, 0.25) is 5.91 Å². The number of nitrogens with one attached hydrogen (secondary N) is 2. The minimum atomic E-state index is -0.506. The van der Waals surface area contributed by atoms with E-state index in [0.29, 0.717) is 28.2 Å². The van der Waals surface area contributed by atoms with E-state index >= 15 is 0 Å². The van der Waals surface area contributed by atoms with Gasteiger partial charge in [0.25, 0.3) is 11.8 Å². The lowest BCUT2D eigenvalue weighted by Crippen LogP contribution is -2.18. The normalized spacial score (nSPS) is 13.4. The Morgan fingerprint density at radius 3 is 2.63 bits per heavy atom. The summed E-state index contributed by atoms with van der Waals surface area (Å²) in [7, 11) is 0. The van der Waals surface area contributed by atoms with Gasteiger partial charge in [-0.2, -0.15) is 0 Å². The molecule has 4 N–H and O–H groups in total. The quantitative estimate of drug-likeness (QED) is 0.684. The zero-order valence-corrected chi connectivity index (χ0v) is 16.1. The number of carbonyl (C=O) groups excluding carboxylic acids is 3. The van der Waals surface area contributed by atoms with E-state index in [-0.39, 0.29) is 11.8 Å². The molecule has 27 heavy (non-hydrogen) atoms. The summed E-state index contributed by atoms with van der Waals surface area (Å²) < 4.78 is 0. The van der Waals surface area contributed by atoms with Gasteiger partial charge in [0.05, 0.1) is 5.56 Å². The van der Waals surface area contributed by atoms with Gasteiger partial charge in [0, 0.05) is 22.5 Å². The summed E-state index contributed by atoms with van der Waals surface area (Å²) >= 11 is 1.44. The number of anilines is 2. The molecule has 0 bridgehead atoms. The molecule has 6 nitrogen and oxygen atoms in total. The molecule has 0 radical (unpaired) electrons. The van der Waals surface area contributed by atoms with Crippen molar-refractivity contribution in [1.82, 2.24) is 0 Å². The number of carbonyl (C=O) groups is 3. The Hall–Kier alpha value is -2.67. The van der Waals surface area contributed by atoms with Crippen LogP contribution in [-0.4, -0.2) is 17.7 Å². The number of nitrogens with two attached hydrogens (primary N) is 1. The summed E-state index contributed by atoms with van der Waals surface area (Å²) in [5.41, 5.74) is 8.01. The number of hydrogen-bond donors (Lipinski definition) is 3. The third kappa shape index (κ3) is 4.36. The molecule has 2 aromatic rings. The maximum atomic E-state index is 12.7. The molecule has 0 atom stereocenters. The van der Waals surface area contributed by atoms with Crippen molar-refractivity contribution in [3.05, 3.63) is 45.8 Å². The highest BCUT2D eigenvalue weighted by Gasteiger charge is 2.24. The number of fused-ring (bicyclic) bond motifs is 1. The van der Waals surface area contributed by atoms with Crippen molar-refractivity contribution in [2.45, 2.75) is 45.4 Å². The van der Waals surface area contributed by atoms with E-state index in [2.05, 4.69) is 10.6 Å². The summed E-state index contributed by atoms with van der Waals surface area (Å²) in [5, 5.41) is 6.10. The van der Waals surface area contributed by atoms with E-state index < -0.39 is 5.91 Å². The Bertz CT molecular complexity index is 889. The molecule has 3 rings (SSSR count). The maximum Gasteiger partial charge on any atom is 0.256 e. The average molecular weight is 385 g/mol. The van der Waals surface area contributed by atoms with Crippen LogP contribution in [0.2, 0.25) is 0 Å². The van der Waals surface area contributed by atoms with Gasteiger partial charge in [-0.05, 0) is 49.4 Å².